The minimum atomic E-state index is 0.621. The largest absolute Gasteiger partial charge is 0.494 e. The van der Waals surface area contributed by atoms with Crippen molar-refractivity contribution >= 4 is 0 Å². The number of benzene rings is 1. The van der Waals surface area contributed by atoms with E-state index in [1.807, 2.05) is 31.2 Å². The SMILES string of the molecule is CCOc1ccc(OC/C=C(/C)CC/C=C(\C)CC)cc1. The maximum absolute atomic E-state index is 5.71. The molecule has 0 amide bonds. The van der Waals surface area contributed by atoms with Crippen LogP contribution in [0.4, 0.5) is 0 Å². The maximum atomic E-state index is 5.71. The number of hydrogen-bond acceptors (Lipinski definition) is 2. The highest BCUT2D eigenvalue weighted by atomic mass is 16.5. The van der Waals surface area contributed by atoms with Crippen LogP contribution in [0, 0.1) is 0 Å². The maximum Gasteiger partial charge on any atom is 0.120 e. The second-order valence-corrected chi connectivity index (χ2v) is 5.21. The van der Waals surface area contributed by atoms with Gasteiger partial charge in [-0.05, 0) is 70.4 Å². The molecular formula is C19H28O2. The van der Waals surface area contributed by atoms with E-state index in [2.05, 4.69) is 32.9 Å². The lowest BCUT2D eigenvalue weighted by atomic mass is 10.1. The summed E-state index contributed by atoms with van der Waals surface area (Å²) in [6.07, 6.45) is 7.84. The lowest BCUT2D eigenvalue weighted by molar-refractivity contribution is 0.336. The van der Waals surface area contributed by atoms with Crippen molar-refractivity contribution in [3.05, 3.63) is 47.6 Å². The topological polar surface area (TPSA) is 18.5 Å². The molecule has 2 nitrogen and oxygen atoms in total. The molecule has 0 unspecified atom stereocenters. The molecule has 0 atom stereocenters. The average Bonchev–Trinajstić information content (AvgIpc) is 2.49. The molecule has 2 heteroatoms. The van der Waals surface area contributed by atoms with Crippen molar-refractivity contribution in [3.63, 3.8) is 0 Å². The highest BCUT2D eigenvalue weighted by molar-refractivity contribution is 5.31. The molecule has 0 aliphatic heterocycles. The molecule has 21 heavy (non-hydrogen) atoms. The number of allylic oxidation sites excluding steroid dienone is 3. The number of hydrogen-bond donors (Lipinski definition) is 0. The molecule has 1 aromatic carbocycles. The fourth-order valence-corrected chi connectivity index (χ4v) is 1.87. The minimum absolute atomic E-state index is 0.621. The second-order valence-electron chi connectivity index (χ2n) is 5.21. The molecule has 0 aromatic heterocycles. The Morgan fingerprint density at radius 1 is 0.905 bits per heavy atom. The first-order valence-electron chi connectivity index (χ1n) is 7.82. The minimum Gasteiger partial charge on any atom is -0.494 e. The van der Waals surface area contributed by atoms with E-state index in [0.29, 0.717) is 13.2 Å². The second kappa shape index (κ2) is 10.1. The normalized spacial score (nSPS) is 12.4. The Hall–Kier alpha value is -1.70. The van der Waals surface area contributed by atoms with E-state index in [0.717, 1.165) is 30.8 Å². The number of rotatable bonds is 9. The first-order valence-corrected chi connectivity index (χ1v) is 7.82. The lowest BCUT2D eigenvalue weighted by Gasteiger charge is -2.06. The fraction of sp³-hybridized carbons (Fsp3) is 0.474. The van der Waals surface area contributed by atoms with Gasteiger partial charge in [0.2, 0.25) is 0 Å². The van der Waals surface area contributed by atoms with Gasteiger partial charge in [0.15, 0.2) is 0 Å². The van der Waals surface area contributed by atoms with Crippen LogP contribution in [0.3, 0.4) is 0 Å². The molecular weight excluding hydrogens is 260 g/mol. The number of ether oxygens (including phenoxy) is 2. The van der Waals surface area contributed by atoms with Crippen LogP contribution in [0.2, 0.25) is 0 Å². The lowest BCUT2D eigenvalue weighted by Crippen LogP contribution is -1.95. The summed E-state index contributed by atoms with van der Waals surface area (Å²) in [7, 11) is 0. The standard InChI is InChI=1S/C19H28O2/c1-5-16(3)8-7-9-17(4)14-15-21-19-12-10-18(11-13-19)20-6-2/h8,10-14H,5-7,9,15H2,1-4H3/b16-8+,17-14-. The van der Waals surface area contributed by atoms with Crippen LogP contribution in [0.25, 0.3) is 0 Å². The van der Waals surface area contributed by atoms with Crippen LogP contribution < -0.4 is 9.47 Å². The van der Waals surface area contributed by atoms with Crippen LogP contribution in [0.1, 0.15) is 47.0 Å². The van der Waals surface area contributed by atoms with Crippen LogP contribution in [0.15, 0.2) is 47.6 Å². The zero-order valence-corrected chi connectivity index (χ0v) is 13.8. The van der Waals surface area contributed by atoms with Crippen molar-refractivity contribution in [2.75, 3.05) is 13.2 Å². The molecule has 0 spiro atoms. The Balaban J connectivity index is 2.32. The molecule has 116 valence electrons. The molecule has 1 aromatic rings. The predicted molar refractivity (Wildman–Crippen MR) is 90.1 cm³/mol. The predicted octanol–water partition coefficient (Wildman–Crippen LogP) is 5.55. The monoisotopic (exact) mass is 288 g/mol. The Morgan fingerprint density at radius 3 is 2.10 bits per heavy atom. The molecule has 0 saturated heterocycles. The van der Waals surface area contributed by atoms with Gasteiger partial charge in [-0.1, -0.05) is 24.1 Å². The van der Waals surface area contributed by atoms with Crippen molar-refractivity contribution < 1.29 is 9.47 Å². The van der Waals surface area contributed by atoms with Gasteiger partial charge in [0, 0.05) is 0 Å². The van der Waals surface area contributed by atoms with Crippen LogP contribution in [0.5, 0.6) is 11.5 Å². The Bertz CT molecular complexity index is 455. The molecule has 0 heterocycles. The molecule has 1 rings (SSSR count). The van der Waals surface area contributed by atoms with Gasteiger partial charge in [-0.15, -0.1) is 0 Å². The smallest absolute Gasteiger partial charge is 0.120 e. The molecule has 0 aliphatic carbocycles. The molecule has 0 saturated carbocycles. The van der Waals surface area contributed by atoms with Gasteiger partial charge >= 0.3 is 0 Å². The first-order chi connectivity index (χ1) is 10.2. The van der Waals surface area contributed by atoms with Gasteiger partial charge in [0.1, 0.15) is 18.1 Å². The Kier molecular flexibility index (Phi) is 8.34. The highest BCUT2D eigenvalue weighted by Gasteiger charge is 1.95. The van der Waals surface area contributed by atoms with Gasteiger partial charge in [0.25, 0.3) is 0 Å². The Morgan fingerprint density at radius 2 is 1.52 bits per heavy atom. The summed E-state index contributed by atoms with van der Waals surface area (Å²) >= 11 is 0. The van der Waals surface area contributed by atoms with Crippen molar-refractivity contribution in [2.45, 2.75) is 47.0 Å². The molecule has 0 bridgehead atoms. The summed E-state index contributed by atoms with van der Waals surface area (Å²) in [5.74, 6) is 1.76. The third-order valence-corrected chi connectivity index (χ3v) is 3.41. The average molecular weight is 288 g/mol. The summed E-state index contributed by atoms with van der Waals surface area (Å²) < 4.78 is 11.1. The summed E-state index contributed by atoms with van der Waals surface area (Å²) in [5, 5.41) is 0. The zero-order valence-electron chi connectivity index (χ0n) is 13.8. The third kappa shape index (κ3) is 7.60. The van der Waals surface area contributed by atoms with Crippen LogP contribution in [-0.4, -0.2) is 13.2 Å². The van der Waals surface area contributed by atoms with Crippen LogP contribution >= 0.6 is 0 Å². The third-order valence-electron chi connectivity index (χ3n) is 3.41. The van der Waals surface area contributed by atoms with E-state index in [1.165, 1.54) is 11.1 Å². The van der Waals surface area contributed by atoms with E-state index in [-0.39, 0.29) is 0 Å². The fourth-order valence-electron chi connectivity index (χ4n) is 1.87. The summed E-state index contributed by atoms with van der Waals surface area (Å²) in [5.41, 5.74) is 2.84. The van der Waals surface area contributed by atoms with Crippen molar-refractivity contribution in [1.82, 2.24) is 0 Å². The van der Waals surface area contributed by atoms with E-state index in [9.17, 15) is 0 Å². The van der Waals surface area contributed by atoms with Gasteiger partial charge in [0.05, 0.1) is 6.61 Å². The van der Waals surface area contributed by atoms with E-state index in [4.69, 9.17) is 9.47 Å². The van der Waals surface area contributed by atoms with Gasteiger partial charge in [-0.2, -0.15) is 0 Å². The van der Waals surface area contributed by atoms with Crippen molar-refractivity contribution in [2.24, 2.45) is 0 Å². The Labute approximate surface area is 129 Å². The van der Waals surface area contributed by atoms with Crippen molar-refractivity contribution in [3.8, 4) is 11.5 Å². The van der Waals surface area contributed by atoms with E-state index < -0.39 is 0 Å². The zero-order chi connectivity index (χ0) is 15.5. The summed E-state index contributed by atoms with van der Waals surface area (Å²) in [6.45, 7) is 9.84. The molecule has 0 aliphatic rings. The summed E-state index contributed by atoms with van der Waals surface area (Å²) in [4.78, 5) is 0. The van der Waals surface area contributed by atoms with Crippen molar-refractivity contribution in [1.29, 1.82) is 0 Å². The van der Waals surface area contributed by atoms with Crippen LogP contribution in [-0.2, 0) is 0 Å². The molecule has 0 radical (unpaired) electrons. The highest BCUT2D eigenvalue weighted by Crippen LogP contribution is 2.17. The van der Waals surface area contributed by atoms with Gasteiger partial charge < -0.3 is 9.47 Å². The van der Waals surface area contributed by atoms with E-state index >= 15 is 0 Å². The molecule has 0 fully saturated rings. The molecule has 0 N–H and O–H groups in total. The van der Waals surface area contributed by atoms with E-state index in [1.54, 1.807) is 0 Å². The first kappa shape index (κ1) is 17.4. The quantitative estimate of drug-likeness (QED) is 0.555. The van der Waals surface area contributed by atoms with Gasteiger partial charge in [-0.25, -0.2) is 0 Å². The van der Waals surface area contributed by atoms with Gasteiger partial charge in [-0.3, -0.25) is 0 Å². The summed E-state index contributed by atoms with van der Waals surface area (Å²) in [6, 6.07) is 7.77.